The summed E-state index contributed by atoms with van der Waals surface area (Å²) in [4.78, 5) is 32.4. The molecule has 0 aliphatic heterocycles. The highest BCUT2D eigenvalue weighted by atomic mass is 16.2. The van der Waals surface area contributed by atoms with Gasteiger partial charge < -0.3 is 4.79 Å². The summed E-state index contributed by atoms with van der Waals surface area (Å²) in [5.41, 5.74) is -0.305. The maximum atomic E-state index is 11.3. The van der Waals surface area contributed by atoms with Crippen molar-refractivity contribution >= 4 is 18.4 Å². The van der Waals surface area contributed by atoms with Crippen LogP contribution in [0.4, 0.5) is 0 Å². The number of rotatable bonds is 6. The van der Waals surface area contributed by atoms with Gasteiger partial charge in [-0.1, -0.05) is 18.6 Å². The van der Waals surface area contributed by atoms with Crippen LogP contribution < -0.4 is 0 Å². The van der Waals surface area contributed by atoms with Crippen molar-refractivity contribution in [3.05, 3.63) is 12.2 Å². The molecule has 3 nitrogen and oxygen atoms in total. The van der Waals surface area contributed by atoms with Crippen LogP contribution in [0.15, 0.2) is 12.2 Å². The minimum absolute atomic E-state index is 0.267. The summed E-state index contributed by atoms with van der Waals surface area (Å²) in [6, 6.07) is 0. The Morgan fingerprint density at radius 2 is 2.06 bits per heavy atom. The Balaban J connectivity index is 2.50. The van der Waals surface area contributed by atoms with E-state index in [4.69, 9.17) is 0 Å². The number of ketones is 1. The van der Waals surface area contributed by atoms with E-state index >= 15 is 0 Å². The fraction of sp³-hybridized carbons (Fsp3) is 0.643. The van der Waals surface area contributed by atoms with Gasteiger partial charge in [0.05, 0.1) is 0 Å². The number of carbonyl (C=O) groups excluding carboxylic acids is 3. The van der Waals surface area contributed by atoms with E-state index in [1.165, 1.54) is 0 Å². The van der Waals surface area contributed by atoms with Gasteiger partial charge in [0.25, 0.3) is 0 Å². The van der Waals surface area contributed by atoms with Gasteiger partial charge >= 0.3 is 0 Å². The van der Waals surface area contributed by atoms with Crippen LogP contribution in [-0.2, 0) is 14.4 Å². The van der Waals surface area contributed by atoms with Gasteiger partial charge in [0.15, 0.2) is 12.1 Å². The number of hydrogen-bond donors (Lipinski definition) is 0. The van der Waals surface area contributed by atoms with Crippen LogP contribution in [0.3, 0.4) is 0 Å². The van der Waals surface area contributed by atoms with Crippen LogP contribution in [0.2, 0.25) is 0 Å². The standard InChI is InChI=1S/C14H20O3/c15-11-13(17)7-6-10-14(12-16)8-4-2-1-3-5-9-14/h2,4,11-12H,1,3,5-10H2. The van der Waals surface area contributed by atoms with Crippen LogP contribution in [0.5, 0.6) is 0 Å². The first-order valence-corrected chi connectivity index (χ1v) is 6.32. The van der Waals surface area contributed by atoms with Crippen LogP contribution >= 0.6 is 0 Å². The normalized spacial score (nSPS) is 24.7. The van der Waals surface area contributed by atoms with Gasteiger partial charge in [-0.3, -0.25) is 9.59 Å². The fourth-order valence-corrected chi connectivity index (χ4v) is 2.34. The number of hydrogen-bond acceptors (Lipinski definition) is 3. The highest BCUT2D eigenvalue weighted by Crippen LogP contribution is 2.34. The van der Waals surface area contributed by atoms with E-state index in [9.17, 15) is 14.4 Å². The van der Waals surface area contributed by atoms with Crippen molar-refractivity contribution in [3.8, 4) is 0 Å². The highest BCUT2D eigenvalue weighted by Gasteiger charge is 2.28. The average Bonchev–Trinajstić information content (AvgIpc) is 2.32. The quantitative estimate of drug-likeness (QED) is 0.404. The fourth-order valence-electron chi connectivity index (χ4n) is 2.34. The van der Waals surface area contributed by atoms with Gasteiger partial charge in [-0.15, -0.1) is 0 Å². The summed E-state index contributed by atoms with van der Waals surface area (Å²) < 4.78 is 0. The molecule has 0 amide bonds. The van der Waals surface area contributed by atoms with Gasteiger partial charge in [0.2, 0.25) is 0 Å². The van der Waals surface area contributed by atoms with Gasteiger partial charge in [-0.05, 0) is 38.5 Å². The lowest BCUT2D eigenvalue weighted by molar-refractivity contribution is -0.130. The second-order valence-electron chi connectivity index (χ2n) is 4.84. The SMILES string of the molecule is O=CC(=O)CCCC1(C=O)CC=CCCCC1. The first-order chi connectivity index (χ1) is 8.22. The molecule has 0 saturated heterocycles. The molecule has 1 aliphatic rings. The van der Waals surface area contributed by atoms with Crippen LogP contribution in [0, 0.1) is 5.41 Å². The molecule has 0 radical (unpaired) electrons. The monoisotopic (exact) mass is 236 g/mol. The van der Waals surface area contributed by atoms with E-state index in [-0.39, 0.29) is 17.6 Å². The molecule has 0 spiro atoms. The van der Waals surface area contributed by atoms with E-state index in [0.29, 0.717) is 19.1 Å². The topological polar surface area (TPSA) is 51.2 Å². The zero-order valence-corrected chi connectivity index (χ0v) is 10.2. The zero-order chi connectivity index (χ0) is 12.6. The predicted molar refractivity (Wildman–Crippen MR) is 65.6 cm³/mol. The van der Waals surface area contributed by atoms with E-state index in [2.05, 4.69) is 12.2 Å². The summed E-state index contributed by atoms with van der Waals surface area (Å²) in [7, 11) is 0. The molecular formula is C14H20O3. The third kappa shape index (κ3) is 4.63. The highest BCUT2D eigenvalue weighted by molar-refractivity contribution is 6.24. The molecule has 0 aromatic heterocycles. The van der Waals surface area contributed by atoms with Gasteiger partial charge in [0.1, 0.15) is 6.29 Å². The average molecular weight is 236 g/mol. The third-order valence-electron chi connectivity index (χ3n) is 3.47. The molecule has 0 saturated carbocycles. The minimum Gasteiger partial charge on any atom is -0.303 e. The van der Waals surface area contributed by atoms with Crippen molar-refractivity contribution in [2.75, 3.05) is 0 Å². The molecule has 1 aliphatic carbocycles. The van der Waals surface area contributed by atoms with Crippen molar-refractivity contribution < 1.29 is 14.4 Å². The first-order valence-electron chi connectivity index (χ1n) is 6.32. The van der Waals surface area contributed by atoms with Gasteiger partial charge in [0, 0.05) is 11.8 Å². The Bertz CT molecular complexity index is 307. The molecular weight excluding hydrogens is 216 g/mol. The summed E-state index contributed by atoms with van der Waals surface area (Å²) in [5.74, 6) is -0.368. The second-order valence-corrected chi connectivity index (χ2v) is 4.84. The van der Waals surface area contributed by atoms with Crippen LogP contribution in [-0.4, -0.2) is 18.4 Å². The Hall–Kier alpha value is -1.25. The Morgan fingerprint density at radius 1 is 1.24 bits per heavy atom. The number of aldehydes is 2. The number of allylic oxidation sites excluding steroid dienone is 2. The maximum absolute atomic E-state index is 11.3. The van der Waals surface area contributed by atoms with Crippen molar-refractivity contribution in [1.82, 2.24) is 0 Å². The third-order valence-corrected chi connectivity index (χ3v) is 3.47. The lowest BCUT2D eigenvalue weighted by atomic mass is 9.75. The molecule has 3 heteroatoms. The minimum atomic E-state index is -0.368. The lowest BCUT2D eigenvalue weighted by Crippen LogP contribution is -2.23. The largest absolute Gasteiger partial charge is 0.303 e. The Kier molecular flexibility index (Phi) is 5.81. The smallest absolute Gasteiger partial charge is 0.195 e. The van der Waals surface area contributed by atoms with Crippen LogP contribution in [0.1, 0.15) is 51.4 Å². The molecule has 17 heavy (non-hydrogen) atoms. The Labute approximate surface area is 102 Å². The second kappa shape index (κ2) is 7.15. The molecule has 1 rings (SSSR count). The summed E-state index contributed by atoms with van der Waals surface area (Å²) in [5, 5.41) is 0. The van der Waals surface area contributed by atoms with Gasteiger partial charge in [-0.2, -0.15) is 0 Å². The maximum Gasteiger partial charge on any atom is 0.195 e. The summed E-state index contributed by atoms with van der Waals surface area (Å²) in [6.07, 6.45) is 12.2. The molecule has 0 heterocycles. The van der Waals surface area contributed by atoms with Crippen molar-refractivity contribution in [1.29, 1.82) is 0 Å². The lowest BCUT2D eigenvalue weighted by Gasteiger charge is -2.27. The number of Topliss-reactive ketones (excluding diaryl/α,β-unsaturated/α-hetero) is 1. The first kappa shape index (κ1) is 13.8. The summed E-state index contributed by atoms with van der Waals surface area (Å²) in [6.45, 7) is 0. The van der Waals surface area contributed by atoms with Crippen molar-refractivity contribution in [3.63, 3.8) is 0 Å². The molecule has 0 bridgehead atoms. The van der Waals surface area contributed by atoms with E-state index in [1.54, 1.807) is 0 Å². The van der Waals surface area contributed by atoms with E-state index in [1.807, 2.05) is 0 Å². The molecule has 0 N–H and O–H groups in total. The molecule has 0 aromatic carbocycles. The molecule has 0 fully saturated rings. The Morgan fingerprint density at radius 3 is 2.76 bits per heavy atom. The zero-order valence-electron chi connectivity index (χ0n) is 10.2. The molecule has 94 valence electrons. The van der Waals surface area contributed by atoms with Gasteiger partial charge in [-0.25, -0.2) is 0 Å². The number of carbonyl (C=O) groups is 3. The van der Waals surface area contributed by atoms with Crippen molar-refractivity contribution in [2.24, 2.45) is 5.41 Å². The van der Waals surface area contributed by atoms with E-state index < -0.39 is 0 Å². The van der Waals surface area contributed by atoms with E-state index in [0.717, 1.165) is 38.4 Å². The molecule has 1 unspecified atom stereocenters. The van der Waals surface area contributed by atoms with Crippen LogP contribution in [0.25, 0.3) is 0 Å². The summed E-state index contributed by atoms with van der Waals surface area (Å²) >= 11 is 0. The molecule has 0 aromatic rings. The van der Waals surface area contributed by atoms with Crippen molar-refractivity contribution in [2.45, 2.75) is 51.4 Å². The predicted octanol–water partition coefficient (Wildman–Crippen LogP) is 2.63. The molecule has 1 atom stereocenters.